The molecule has 2 aliphatic rings. The molecule has 0 unspecified atom stereocenters. The lowest BCUT2D eigenvalue weighted by Crippen LogP contribution is -2.42. The Bertz CT molecular complexity index is 750. The van der Waals surface area contributed by atoms with Crippen LogP contribution < -0.4 is 10.9 Å². The van der Waals surface area contributed by atoms with Crippen molar-refractivity contribution >= 4 is 46.1 Å². The lowest BCUT2D eigenvalue weighted by molar-refractivity contribution is 0.338. The topological polar surface area (TPSA) is 55.3 Å². The molecule has 2 aliphatic heterocycles. The molecule has 0 atom stereocenters. The summed E-state index contributed by atoms with van der Waals surface area (Å²) in [6.07, 6.45) is 7.25. The van der Waals surface area contributed by atoms with Crippen LogP contribution >= 0.6 is 24.4 Å². The molecule has 0 bridgehead atoms. The lowest BCUT2D eigenvalue weighted by atomic mass is 10.1. The third-order valence-electron chi connectivity index (χ3n) is 5.26. The predicted octanol–water partition coefficient (Wildman–Crippen LogP) is 3.49. The van der Waals surface area contributed by atoms with Crippen LogP contribution in [0.4, 0.5) is 0 Å². The summed E-state index contributed by atoms with van der Waals surface area (Å²) >= 11 is 11.1. The summed E-state index contributed by atoms with van der Waals surface area (Å²) in [6.45, 7) is 5.89. The quantitative estimate of drug-likeness (QED) is 0.433. The molecular weight excluding hydrogens is 400 g/mol. The van der Waals surface area contributed by atoms with E-state index in [0.29, 0.717) is 10.2 Å². The van der Waals surface area contributed by atoms with Gasteiger partial charge in [-0.25, -0.2) is 0 Å². The number of hydrazone groups is 2. The second kappa shape index (κ2) is 11.2. The highest BCUT2D eigenvalue weighted by atomic mass is 32.1. The molecule has 0 saturated carbocycles. The Hall–Kier alpha value is -2.06. The summed E-state index contributed by atoms with van der Waals surface area (Å²) in [5.74, 6) is 0. The third kappa shape index (κ3) is 6.47. The maximum absolute atomic E-state index is 5.55. The number of hydrogen-bond donors (Lipinski definition) is 2. The van der Waals surface area contributed by atoms with E-state index in [9.17, 15) is 0 Å². The molecule has 2 heterocycles. The Labute approximate surface area is 184 Å². The summed E-state index contributed by atoms with van der Waals surface area (Å²) in [5, 5.41) is 10.5. The maximum atomic E-state index is 5.55. The Morgan fingerprint density at radius 1 is 0.759 bits per heavy atom. The summed E-state index contributed by atoms with van der Waals surface area (Å²) < 4.78 is 0. The Morgan fingerprint density at radius 2 is 1.24 bits per heavy atom. The first kappa shape index (κ1) is 21.6. The molecule has 0 aromatic heterocycles. The molecule has 0 aliphatic carbocycles. The number of rotatable bonds is 4. The Balaban J connectivity index is 1.70. The molecular formula is C21H30N6S2. The highest BCUT2D eigenvalue weighted by molar-refractivity contribution is 7.80. The first-order chi connectivity index (χ1) is 14.1. The molecule has 0 spiro atoms. The number of piperidine rings is 2. The molecule has 1 aromatic rings. The first-order valence-corrected chi connectivity index (χ1v) is 11.2. The van der Waals surface area contributed by atoms with E-state index < -0.39 is 0 Å². The van der Waals surface area contributed by atoms with Crippen molar-refractivity contribution in [3.05, 3.63) is 35.9 Å². The van der Waals surface area contributed by atoms with Crippen molar-refractivity contribution < 1.29 is 0 Å². The standard InChI is InChI=1S/C21H30N6S2/c1-17(22-24-20(28)26-13-7-3-8-14-26)19(18-11-5-2-6-12-18)23-25-21(29)27-15-9-4-10-16-27/h2,5-6,11-12H,3-4,7-10,13-16H2,1H3,(H,24,28)(H,25,29)/b22-17-,23-19-. The van der Waals surface area contributed by atoms with Gasteiger partial charge in [-0.05, 0) is 69.9 Å². The van der Waals surface area contributed by atoms with Gasteiger partial charge in [0.1, 0.15) is 5.71 Å². The second-order valence-electron chi connectivity index (χ2n) is 7.45. The Kier molecular flexibility index (Phi) is 8.37. The predicted molar refractivity (Wildman–Crippen MR) is 128 cm³/mol. The molecule has 3 rings (SSSR count). The summed E-state index contributed by atoms with van der Waals surface area (Å²) in [4.78, 5) is 4.36. The van der Waals surface area contributed by atoms with Crippen LogP contribution in [0.2, 0.25) is 0 Å². The van der Waals surface area contributed by atoms with E-state index in [4.69, 9.17) is 24.4 Å². The number of hydrogen-bond acceptors (Lipinski definition) is 4. The van der Waals surface area contributed by atoms with Crippen molar-refractivity contribution in [2.45, 2.75) is 45.4 Å². The van der Waals surface area contributed by atoms with Crippen molar-refractivity contribution in [2.24, 2.45) is 10.2 Å². The minimum atomic E-state index is 0.669. The van der Waals surface area contributed by atoms with Gasteiger partial charge >= 0.3 is 0 Å². The molecule has 8 heteroatoms. The normalized spacial score (nSPS) is 18.4. The van der Waals surface area contributed by atoms with Crippen LogP contribution in [0.5, 0.6) is 0 Å². The van der Waals surface area contributed by atoms with Crippen molar-refractivity contribution in [1.29, 1.82) is 0 Å². The fourth-order valence-electron chi connectivity index (χ4n) is 3.57. The number of thiocarbonyl (C=S) groups is 2. The van der Waals surface area contributed by atoms with Gasteiger partial charge in [-0.15, -0.1) is 0 Å². The zero-order valence-corrected chi connectivity index (χ0v) is 18.7. The summed E-state index contributed by atoms with van der Waals surface area (Å²) in [7, 11) is 0. The van der Waals surface area contributed by atoms with Gasteiger partial charge in [-0.1, -0.05) is 30.3 Å². The van der Waals surface area contributed by atoms with Gasteiger partial charge in [-0.3, -0.25) is 10.9 Å². The van der Waals surface area contributed by atoms with Crippen molar-refractivity contribution in [2.75, 3.05) is 26.2 Å². The van der Waals surface area contributed by atoms with Crippen LogP contribution in [0.1, 0.15) is 51.0 Å². The third-order valence-corrected chi connectivity index (χ3v) is 5.96. The number of nitrogens with one attached hydrogen (secondary N) is 2. The van der Waals surface area contributed by atoms with E-state index >= 15 is 0 Å². The monoisotopic (exact) mass is 430 g/mol. The van der Waals surface area contributed by atoms with Gasteiger partial charge in [0.2, 0.25) is 0 Å². The average Bonchev–Trinajstić information content (AvgIpc) is 2.79. The van der Waals surface area contributed by atoms with Gasteiger partial charge in [0, 0.05) is 31.7 Å². The lowest BCUT2D eigenvalue weighted by Gasteiger charge is -2.28. The SMILES string of the molecule is CC(=N/NC(=S)N1CCCCC1)/C(=N/NC(=S)N1CCCCC1)c1ccccc1. The van der Waals surface area contributed by atoms with E-state index in [-0.39, 0.29) is 0 Å². The van der Waals surface area contributed by atoms with Gasteiger partial charge < -0.3 is 9.80 Å². The van der Waals surface area contributed by atoms with E-state index in [2.05, 4.69) is 30.9 Å². The minimum Gasteiger partial charge on any atom is -0.348 e. The number of benzene rings is 1. The zero-order valence-electron chi connectivity index (χ0n) is 17.1. The van der Waals surface area contributed by atoms with Gasteiger partial charge in [-0.2, -0.15) is 10.2 Å². The molecule has 1 aromatic carbocycles. The van der Waals surface area contributed by atoms with E-state index in [1.807, 2.05) is 37.3 Å². The maximum Gasteiger partial charge on any atom is 0.189 e. The van der Waals surface area contributed by atoms with E-state index in [1.54, 1.807) is 0 Å². The summed E-state index contributed by atoms with van der Waals surface area (Å²) in [5.41, 5.74) is 8.61. The molecule has 0 radical (unpaired) electrons. The van der Waals surface area contributed by atoms with Crippen LogP contribution in [-0.2, 0) is 0 Å². The molecule has 2 fully saturated rings. The molecule has 29 heavy (non-hydrogen) atoms. The van der Waals surface area contributed by atoms with Crippen LogP contribution in [0.3, 0.4) is 0 Å². The number of nitrogens with zero attached hydrogens (tertiary/aromatic N) is 4. The van der Waals surface area contributed by atoms with Crippen molar-refractivity contribution in [3.63, 3.8) is 0 Å². The zero-order chi connectivity index (χ0) is 20.5. The smallest absolute Gasteiger partial charge is 0.189 e. The molecule has 0 amide bonds. The van der Waals surface area contributed by atoms with Gasteiger partial charge in [0.05, 0.1) is 5.71 Å². The van der Waals surface area contributed by atoms with E-state index in [1.165, 1.54) is 38.5 Å². The molecule has 2 N–H and O–H groups in total. The van der Waals surface area contributed by atoms with Crippen LogP contribution in [0.25, 0.3) is 0 Å². The highest BCUT2D eigenvalue weighted by Crippen LogP contribution is 2.10. The first-order valence-electron chi connectivity index (χ1n) is 10.4. The average molecular weight is 431 g/mol. The van der Waals surface area contributed by atoms with Gasteiger partial charge in [0.25, 0.3) is 0 Å². The fourth-order valence-corrected chi connectivity index (χ4v) is 4.03. The van der Waals surface area contributed by atoms with Gasteiger partial charge in [0.15, 0.2) is 10.2 Å². The van der Waals surface area contributed by atoms with E-state index in [0.717, 1.165) is 43.2 Å². The van der Waals surface area contributed by atoms with Crippen LogP contribution in [0.15, 0.2) is 40.5 Å². The molecule has 6 nitrogen and oxygen atoms in total. The number of likely N-dealkylation sites (tertiary alicyclic amines) is 2. The highest BCUT2D eigenvalue weighted by Gasteiger charge is 2.15. The van der Waals surface area contributed by atoms with Crippen molar-refractivity contribution in [3.8, 4) is 0 Å². The Morgan fingerprint density at radius 3 is 1.76 bits per heavy atom. The van der Waals surface area contributed by atoms with Crippen LogP contribution in [0, 0.1) is 0 Å². The minimum absolute atomic E-state index is 0.669. The second-order valence-corrected chi connectivity index (χ2v) is 8.23. The molecule has 156 valence electrons. The fraction of sp³-hybridized carbons (Fsp3) is 0.524. The largest absolute Gasteiger partial charge is 0.348 e. The summed E-state index contributed by atoms with van der Waals surface area (Å²) in [6, 6.07) is 10.0. The molecule has 2 saturated heterocycles. The van der Waals surface area contributed by atoms with Crippen molar-refractivity contribution in [1.82, 2.24) is 20.7 Å². The van der Waals surface area contributed by atoms with Crippen LogP contribution in [-0.4, -0.2) is 57.6 Å².